The van der Waals surface area contributed by atoms with Crippen LogP contribution in [-0.4, -0.2) is 63.9 Å². The predicted molar refractivity (Wildman–Crippen MR) is 114 cm³/mol. The Balaban J connectivity index is 1.46. The molecule has 2 heterocycles. The molecule has 2 aromatic rings. The lowest BCUT2D eigenvalue weighted by molar-refractivity contribution is 0.199. The molecule has 0 spiro atoms. The van der Waals surface area contributed by atoms with Gasteiger partial charge in [0.05, 0.1) is 7.11 Å². The molecule has 0 amide bonds. The Kier molecular flexibility index (Phi) is 6.03. The minimum Gasteiger partial charge on any atom is -0.493 e. The van der Waals surface area contributed by atoms with Crippen molar-refractivity contribution < 1.29 is 9.47 Å². The fourth-order valence-corrected chi connectivity index (χ4v) is 4.22. The highest BCUT2D eigenvalue weighted by atomic mass is 16.5. The van der Waals surface area contributed by atoms with Gasteiger partial charge in [0.25, 0.3) is 0 Å². The molecule has 0 bridgehead atoms. The Morgan fingerprint density at radius 2 is 1.89 bits per heavy atom. The smallest absolute Gasteiger partial charge is 0.163 e. The van der Waals surface area contributed by atoms with Crippen molar-refractivity contribution in [3.63, 3.8) is 0 Å². The zero-order valence-electron chi connectivity index (χ0n) is 16.9. The average Bonchev–Trinajstić information content (AvgIpc) is 3.13. The molecule has 2 atom stereocenters. The highest BCUT2D eigenvalue weighted by Gasteiger charge is 2.24. The Hall–Kier alpha value is -2.24. The zero-order valence-corrected chi connectivity index (χ0v) is 16.9. The van der Waals surface area contributed by atoms with Crippen molar-refractivity contribution in [1.29, 1.82) is 0 Å². The number of ether oxygens (including phenoxy) is 2. The minimum atomic E-state index is 0.239. The molecular formula is C23H31N3O2. The maximum atomic E-state index is 6.31. The van der Waals surface area contributed by atoms with Crippen molar-refractivity contribution in [2.75, 3.05) is 51.8 Å². The second-order valence-corrected chi connectivity index (χ2v) is 7.91. The molecule has 1 N–H and O–H groups in total. The van der Waals surface area contributed by atoms with Crippen molar-refractivity contribution >= 4 is 5.69 Å². The number of hydrogen-bond acceptors (Lipinski definition) is 5. The normalized spacial score (nSPS) is 23.0. The predicted octanol–water partition coefficient (Wildman–Crippen LogP) is 2.80. The standard InChI is InChI=1S/C23H31N3O2/c1-25-12-10-21(17-25)28-23-15-20(8-9-22(23)27-2)26-13-11-24-19(16-26)14-18-6-4-3-5-7-18/h3-9,15,19,21,24H,10-14,16-17H2,1-2H3/t19-,21-/m0/s1. The third-order valence-corrected chi connectivity index (χ3v) is 5.73. The molecule has 5 heteroatoms. The first-order valence-corrected chi connectivity index (χ1v) is 10.3. The summed E-state index contributed by atoms with van der Waals surface area (Å²) in [6, 6.07) is 17.5. The van der Waals surface area contributed by atoms with Crippen LogP contribution in [0.4, 0.5) is 5.69 Å². The van der Waals surface area contributed by atoms with E-state index in [0.29, 0.717) is 6.04 Å². The summed E-state index contributed by atoms with van der Waals surface area (Å²) < 4.78 is 11.9. The van der Waals surface area contributed by atoms with Gasteiger partial charge in [-0.1, -0.05) is 30.3 Å². The number of likely N-dealkylation sites (tertiary alicyclic amines) is 1. The first-order valence-electron chi connectivity index (χ1n) is 10.3. The fraction of sp³-hybridized carbons (Fsp3) is 0.478. The minimum absolute atomic E-state index is 0.239. The largest absolute Gasteiger partial charge is 0.493 e. The van der Waals surface area contributed by atoms with Gasteiger partial charge in [-0.15, -0.1) is 0 Å². The van der Waals surface area contributed by atoms with Crippen LogP contribution in [0.15, 0.2) is 48.5 Å². The maximum absolute atomic E-state index is 6.31. The Labute approximate surface area is 168 Å². The molecule has 2 saturated heterocycles. The van der Waals surface area contributed by atoms with E-state index in [1.807, 2.05) is 6.07 Å². The van der Waals surface area contributed by atoms with Crippen LogP contribution >= 0.6 is 0 Å². The SMILES string of the molecule is COc1ccc(N2CCN[C@@H](Cc3ccccc3)C2)cc1O[C@H]1CCN(C)C1. The molecule has 2 fully saturated rings. The van der Waals surface area contributed by atoms with Gasteiger partial charge in [0.2, 0.25) is 0 Å². The number of nitrogens with zero attached hydrogens (tertiary/aromatic N) is 2. The van der Waals surface area contributed by atoms with Gasteiger partial charge in [-0.05, 0) is 37.6 Å². The highest BCUT2D eigenvalue weighted by Crippen LogP contribution is 2.34. The molecule has 4 rings (SSSR count). The molecule has 150 valence electrons. The van der Waals surface area contributed by atoms with Crippen molar-refractivity contribution in [3.8, 4) is 11.5 Å². The average molecular weight is 382 g/mol. The lowest BCUT2D eigenvalue weighted by Gasteiger charge is -2.35. The number of rotatable bonds is 6. The van der Waals surface area contributed by atoms with Crippen LogP contribution in [0.25, 0.3) is 0 Å². The van der Waals surface area contributed by atoms with Crippen LogP contribution < -0.4 is 19.7 Å². The summed E-state index contributed by atoms with van der Waals surface area (Å²) in [6.45, 7) is 5.05. The van der Waals surface area contributed by atoms with Crippen LogP contribution in [0.5, 0.6) is 11.5 Å². The summed E-state index contributed by atoms with van der Waals surface area (Å²) in [6.07, 6.45) is 2.35. The van der Waals surface area contributed by atoms with Crippen LogP contribution in [-0.2, 0) is 6.42 Å². The van der Waals surface area contributed by atoms with Gasteiger partial charge >= 0.3 is 0 Å². The van der Waals surface area contributed by atoms with E-state index in [1.165, 1.54) is 11.3 Å². The summed E-state index contributed by atoms with van der Waals surface area (Å²) in [5, 5.41) is 3.66. The lowest BCUT2D eigenvalue weighted by Crippen LogP contribution is -2.51. The number of piperazine rings is 1. The molecular weight excluding hydrogens is 350 g/mol. The second-order valence-electron chi connectivity index (χ2n) is 7.91. The molecule has 0 unspecified atom stereocenters. The van der Waals surface area contributed by atoms with Gasteiger partial charge in [-0.25, -0.2) is 0 Å². The molecule has 0 saturated carbocycles. The van der Waals surface area contributed by atoms with Crippen LogP contribution in [0.3, 0.4) is 0 Å². The topological polar surface area (TPSA) is 37.0 Å². The Morgan fingerprint density at radius 3 is 2.64 bits per heavy atom. The third-order valence-electron chi connectivity index (χ3n) is 5.73. The zero-order chi connectivity index (χ0) is 19.3. The van der Waals surface area contributed by atoms with Crippen LogP contribution in [0.2, 0.25) is 0 Å². The summed E-state index contributed by atoms with van der Waals surface area (Å²) in [7, 11) is 3.86. The van der Waals surface area contributed by atoms with Gasteiger partial charge in [-0.3, -0.25) is 0 Å². The van der Waals surface area contributed by atoms with Crippen molar-refractivity contribution in [3.05, 3.63) is 54.1 Å². The summed E-state index contributed by atoms with van der Waals surface area (Å²) in [5.74, 6) is 1.67. The first-order chi connectivity index (χ1) is 13.7. The van der Waals surface area contributed by atoms with E-state index in [2.05, 4.69) is 64.6 Å². The van der Waals surface area contributed by atoms with Gasteiger partial charge in [0.1, 0.15) is 6.10 Å². The molecule has 2 aromatic carbocycles. The number of benzene rings is 2. The third kappa shape index (κ3) is 4.59. The van der Waals surface area contributed by atoms with Gasteiger partial charge < -0.3 is 24.6 Å². The van der Waals surface area contributed by atoms with Crippen molar-refractivity contribution in [2.24, 2.45) is 0 Å². The van der Waals surface area contributed by atoms with E-state index in [-0.39, 0.29) is 6.10 Å². The maximum Gasteiger partial charge on any atom is 0.163 e. The van der Waals surface area contributed by atoms with Gasteiger partial charge in [0, 0.05) is 50.5 Å². The lowest BCUT2D eigenvalue weighted by atomic mass is 10.0. The number of likely N-dealkylation sites (N-methyl/N-ethyl adjacent to an activating group) is 1. The summed E-state index contributed by atoms with van der Waals surface area (Å²) >= 11 is 0. The van der Waals surface area contributed by atoms with Crippen molar-refractivity contribution in [2.45, 2.75) is 25.0 Å². The van der Waals surface area contributed by atoms with E-state index in [4.69, 9.17) is 9.47 Å². The van der Waals surface area contributed by atoms with Crippen LogP contribution in [0, 0.1) is 0 Å². The van der Waals surface area contributed by atoms with E-state index >= 15 is 0 Å². The molecule has 28 heavy (non-hydrogen) atoms. The van der Waals surface area contributed by atoms with Crippen molar-refractivity contribution in [1.82, 2.24) is 10.2 Å². The number of methoxy groups -OCH3 is 1. The quantitative estimate of drug-likeness (QED) is 0.833. The van der Waals surface area contributed by atoms with E-state index in [1.54, 1.807) is 7.11 Å². The van der Waals surface area contributed by atoms with Gasteiger partial charge in [0.15, 0.2) is 11.5 Å². The summed E-state index contributed by atoms with van der Waals surface area (Å²) in [4.78, 5) is 4.77. The van der Waals surface area contributed by atoms with Gasteiger partial charge in [-0.2, -0.15) is 0 Å². The first kappa shape index (κ1) is 19.1. The fourth-order valence-electron chi connectivity index (χ4n) is 4.22. The molecule has 2 aliphatic rings. The molecule has 0 aromatic heterocycles. The molecule has 5 nitrogen and oxygen atoms in total. The molecule has 2 aliphatic heterocycles. The summed E-state index contributed by atoms with van der Waals surface area (Å²) in [5.41, 5.74) is 2.59. The number of hydrogen-bond donors (Lipinski definition) is 1. The van der Waals surface area contributed by atoms with E-state index in [0.717, 1.165) is 57.1 Å². The molecule has 0 aliphatic carbocycles. The van der Waals surface area contributed by atoms with E-state index in [9.17, 15) is 0 Å². The number of nitrogens with one attached hydrogen (secondary N) is 1. The monoisotopic (exact) mass is 381 g/mol. The number of anilines is 1. The Morgan fingerprint density at radius 1 is 1.04 bits per heavy atom. The Bertz CT molecular complexity index is 768. The van der Waals surface area contributed by atoms with Crippen LogP contribution in [0.1, 0.15) is 12.0 Å². The molecule has 0 radical (unpaired) electrons. The van der Waals surface area contributed by atoms with E-state index < -0.39 is 0 Å². The highest BCUT2D eigenvalue weighted by molar-refractivity contribution is 5.57. The second kappa shape index (κ2) is 8.84.